The Morgan fingerprint density at radius 1 is 1.22 bits per heavy atom. The summed E-state index contributed by atoms with van der Waals surface area (Å²) >= 11 is 0. The van der Waals surface area contributed by atoms with Gasteiger partial charge >= 0.3 is 0 Å². The van der Waals surface area contributed by atoms with Gasteiger partial charge in [0.15, 0.2) is 0 Å². The quantitative estimate of drug-likeness (QED) is 0.715. The van der Waals surface area contributed by atoms with Crippen LogP contribution in [0, 0.1) is 11.7 Å². The van der Waals surface area contributed by atoms with Gasteiger partial charge in [0.1, 0.15) is 5.82 Å². The monoisotopic (exact) mass is 252 g/mol. The third-order valence-corrected chi connectivity index (χ3v) is 2.94. The molecule has 0 atom stereocenters. The van der Waals surface area contributed by atoms with Crippen LogP contribution in [0.3, 0.4) is 0 Å². The lowest BCUT2D eigenvalue weighted by Crippen LogP contribution is -2.32. The van der Waals surface area contributed by atoms with E-state index in [1.807, 2.05) is 12.1 Å². The third kappa shape index (κ3) is 6.12. The molecule has 18 heavy (non-hydrogen) atoms. The Morgan fingerprint density at radius 2 is 1.94 bits per heavy atom. The van der Waals surface area contributed by atoms with Gasteiger partial charge in [-0.2, -0.15) is 0 Å². The molecule has 0 spiro atoms. The van der Waals surface area contributed by atoms with Crippen LogP contribution in [0.5, 0.6) is 0 Å². The van der Waals surface area contributed by atoms with Gasteiger partial charge in [0.2, 0.25) is 0 Å². The molecule has 0 bridgehead atoms. The standard InChI is InChI=1S/C15H25FN2/c1-13(2)12-17-9-11-18(3)10-8-14-6-4-5-7-15(14)16/h4-7,13,17H,8-12H2,1-3H3. The van der Waals surface area contributed by atoms with Gasteiger partial charge in [-0.25, -0.2) is 4.39 Å². The molecule has 1 N–H and O–H groups in total. The number of nitrogens with one attached hydrogen (secondary N) is 1. The molecular formula is C15H25FN2. The van der Waals surface area contributed by atoms with Gasteiger partial charge in [0.05, 0.1) is 0 Å². The third-order valence-electron chi connectivity index (χ3n) is 2.94. The SMILES string of the molecule is CC(C)CNCCN(C)CCc1ccccc1F. The van der Waals surface area contributed by atoms with Crippen LogP contribution >= 0.6 is 0 Å². The number of hydrogen-bond acceptors (Lipinski definition) is 2. The van der Waals surface area contributed by atoms with Crippen molar-refractivity contribution in [1.82, 2.24) is 10.2 Å². The molecule has 0 unspecified atom stereocenters. The highest BCUT2D eigenvalue weighted by molar-refractivity contribution is 5.17. The van der Waals surface area contributed by atoms with E-state index in [9.17, 15) is 4.39 Å². The average molecular weight is 252 g/mol. The molecule has 0 aliphatic carbocycles. The first kappa shape index (κ1) is 15.1. The minimum atomic E-state index is -0.0937. The summed E-state index contributed by atoms with van der Waals surface area (Å²) in [5.74, 6) is 0.595. The fourth-order valence-electron chi connectivity index (χ4n) is 1.78. The van der Waals surface area contributed by atoms with E-state index in [1.54, 1.807) is 6.07 Å². The van der Waals surface area contributed by atoms with Crippen molar-refractivity contribution < 1.29 is 4.39 Å². The number of likely N-dealkylation sites (N-methyl/N-ethyl adjacent to an activating group) is 1. The summed E-state index contributed by atoms with van der Waals surface area (Å²) < 4.78 is 13.4. The Kier molecular flexibility index (Phi) is 6.91. The van der Waals surface area contributed by atoms with E-state index in [0.717, 1.165) is 38.2 Å². The van der Waals surface area contributed by atoms with Crippen molar-refractivity contribution in [2.24, 2.45) is 5.92 Å². The summed E-state index contributed by atoms with van der Waals surface area (Å²) in [6.45, 7) is 8.35. The first-order valence-electron chi connectivity index (χ1n) is 6.72. The van der Waals surface area contributed by atoms with Crippen molar-refractivity contribution in [3.05, 3.63) is 35.6 Å². The van der Waals surface area contributed by atoms with Crippen molar-refractivity contribution in [3.8, 4) is 0 Å². The maximum absolute atomic E-state index is 13.4. The lowest BCUT2D eigenvalue weighted by molar-refractivity contribution is 0.331. The normalized spacial score (nSPS) is 11.4. The molecule has 0 saturated carbocycles. The summed E-state index contributed by atoms with van der Waals surface area (Å²) in [7, 11) is 2.08. The van der Waals surface area contributed by atoms with E-state index in [4.69, 9.17) is 0 Å². The molecule has 102 valence electrons. The highest BCUT2D eigenvalue weighted by atomic mass is 19.1. The minimum Gasteiger partial charge on any atom is -0.315 e. The zero-order chi connectivity index (χ0) is 13.4. The summed E-state index contributed by atoms with van der Waals surface area (Å²) in [5, 5.41) is 3.41. The fraction of sp³-hybridized carbons (Fsp3) is 0.600. The minimum absolute atomic E-state index is 0.0937. The molecule has 0 radical (unpaired) electrons. The van der Waals surface area contributed by atoms with E-state index in [2.05, 4.69) is 31.1 Å². The summed E-state index contributed by atoms with van der Waals surface area (Å²) in [5.41, 5.74) is 0.805. The predicted molar refractivity (Wildman–Crippen MR) is 75.3 cm³/mol. The van der Waals surface area contributed by atoms with Crippen LogP contribution in [0.15, 0.2) is 24.3 Å². The highest BCUT2D eigenvalue weighted by Gasteiger charge is 2.03. The second-order valence-electron chi connectivity index (χ2n) is 5.24. The fourth-order valence-corrected chi connectivity index (χ4v) is 1.78. The zero-order valence-electron chi connectivity index (χ0n) is 11.7. The van der Waals surface area contributed by atoms with E-state index < -0.39 is 0 Å². The number of hydrogen-bond donors (Lipinski definition) is 1. The molecule has 2 nitrogen and oxygen atoms in total. The van der Waals surface area contributed by atoms with Crippen LogP contribution in [0.1, 0.15) is 19.4 Å². The zero-order valence-corrected chi connectivity index (χ0v) is 11.7. The van der Waals surface area contributed by atoms with Crippen molar-refractivity contribution in [3.63, 3.8) is 0 Å². The number of halogens is 1. The van der Waals surface area contributed by atoms with Gasteiger partial charge in [-0.15, -0.1) is 0 Å². The molecular weight excluding hydrogens is 227 g/mol. The van der Waals surface area contributed by atoms with Gasteiger partial charge in [0, 0.05) is 19.6 Å². The van der Waals surface area contributed by atoms with Gasteiger partial charge in [-0.1, -0.05) is 32.0 Å². The van der Waals surface area contributed by atoms with Crippen molar-refractivity contribution in [2.75, 3.05) is 33.2 Å². The van der Waals surface area contributed by atoms with E-state index in [0.29, 0.717) is 5.92 Å². The Balaban J connectivity index is 2.17. The Bertz CT molecular complexity index is 339. The molecule has 1 aromatic rings. The maximum Gasteiger partial charge on any atom is 0.126 e. The van der Waals surface area contributed by atoms with Crippen LogP contribution in [-0.2, 0) is 6.42 Å². The molecule has 1 rings (SSSR count). The number of nitrogens with zero attached hydrogens (tertiary/aromatic N) is 1. The molecule has 3 heteroatoms. The first-order chi connectivity index (χ1) is 8.59. The van der Waals surface area contributed by atoms with Crippen LogP contribution in [0.25, 0.3) is 0 Å². The molecule has 0 aliphatic rings. The van der Waals surface area contributed by atoms with E-state index in [1.165, 1.54) is 6.07 Å². The maximum atomic E-state index is 13.4. The Morgan fingerprint density at radius 3 is 2.61 bits per heavy atom. The van der Waals surface area contributed by atoms with Gasteiger partial charge < -0.3 is 10.2 Å². The molecule has 0 aliphatic heterocycles. The highest BCUT2D eigenvalue weighted by Crippen LogP contribution is 2.07. The Hall–Kier alpha value is -0.930. The first-order valence-corrected chi connectivity index (χ1v) is 6.72. The largest absolute Gasteiger partial charge is 0.315 e. The lowest BCUT2D eigenvalue weighted by Gasteiger charge is -2.17. The molecule has 0 amide bonds. The Labute approximate surface area is 110 Å². The van der Waals surface area contributed by atoms with Crippen molar-refractivity contribution in [1.29, 1.82) is 0 Å². The van der Waals surface area contributed by atoms with Gasteiger partial charge in [-0.3, -0.25) is 0 Å². The smallest absolute Gasteiger partial charge is 0.126 e. The number of benzene rings is 1. The van der Waals surface area contributed by atoms with E-state index >= 15 is 0 Å². The topological polar surface area (TPSA) is 15.3 Å². The molecule has 1 aromatic carbocycles. The van der Waals surface area contributed by atoms with Crippen LogP contribution in [-0.4, -0.2) is 38.1 Å². The molecule has 0 heterocycles. The summed E-state index contributed by atoms with van der Waals surface area (Å²) in [6.07, 6.45) is 0.771. The molecule has 0 saturated heterocycles. The summed E-state index contributed by atoms with van der Waals surface area (Å²) in [4.78, 5) is 2.24. The van der Waals surface area contributed by atoms with Crippen LogP contribution in [0.4, 0.5) is 4.39 Å². The predicted octanol–water partition coefficient (Wildman–Crippen LogP) is 2.55. The van der Waals surface area contributed by atoms with Crippen molar-refractivity contribution in [2.45, 2.75) is 20.3 Å². The van der Waals surface area contributed by atoms with Crippen LogP contribution in [0.2, 0.25) is 0 Å². The second-order valence-corrected chi connectivity index (χ2v) is 5.24. The molecule has 0 aromatic heterocycles. The van der Waals surface area contributed by atoms with Crippen molar-refractivity contribution >= 4 is 0 Å². The van der Waals surface area contributed by atoms with Gasteiger partial charge in [-0.05, 0) is 37.6 Å². The lowest BCUT2D eigenvalue weighted by atomic mass is 10.1. The second kappa shape index (κ2) is 8.22. The van der Waals surface area contributed by atoms with Gasteiger partial charge in [0.25, 0.3) is 0 Å². The summed E-state index contributed by atoms with van der Waals surface area (Å²) in [6, 6.07) is 7.01. The van der Waals surface area contributed by atoms with Crippen LogP contribution < -0.4 is 5.32 Å². The average Bonchev–Trinajstić information content (AvgIpc) is 2.33. The molecule has 0 fully saturated rings. The number of rotatable bonds is 8. The van der Waals surface area contributed by atoms with E-state index in [-0.39, 0.29) is 5.82 Å².